The van der Waals surface area contributed by atoms with Crippen LogP contribution in [-0.4, -0.2) is 41.8 Å². The second-order valence-electron chi connectivity index (χ2n) is 9.83. The van der Waals surface area contributed by atoms with Gasteiger partial charge in [-0.3, -0.25) is 9.59 Å². The molecule has 1 fully saturated rings. The highest BCUT2D eigenvalue weighted by Gasteiger charge is 2.45. The van der Waals surface area contributed by atoms with E-state index in [2.05, 4.69) is 34.9 Å². The molecule has 7 heteroatoms. The molecule has 35 heavy (non-hydrogen) atoms. The molecule has 186 valence electrons. The van der Waals surface area contributed by atoms with Crippen molar-refractivity contribution in [1.82, 2.24) is 10.6 Å². The van der Waals surface area contributed by atoms with Crippen LogP contribution in [0.3, 0.4) is 0 Å². The van der Waals surface area contributed by atoms with Crippen LogP contribution in [-0.2, 0) is 14.3 Å². The summed E-state index contributed by atoms with van der Waals surface area (Å²) in [5, 5.41) is 15.1. The third-order valence-electron chi connectivity index (χ3n) is 7.93. The van der Waals surface area contributed by atoms with E-state index in [-0.39, 0.29) is 31.4 Å². The van der Waals surface area contributed by atoms with Gasteiger partial charge in [-0.1, -0.05) is 62.4 Å². The molecule has 0 spiro atoms. The van der Waals surface area contributed by atoms with Crippen LogP contribution >= 0.6 is 0 Å². The summed E-state index contributed by atoms with van der Waals surface area (Å²) in [6.45, 7) is 4.16. The number of carboxylic acid groups (broad SMARTS) is 1. The zero-order valence-corrected chi connectivity index (χ0v) is 20.4. The molecule has 0 aromatic heterocycles. The second-order valence-corrected chi connectivity index (χ2v) is 9.83. The molecule has 1 saturated carbocycles. The summed E-state index contributed by atoms with van der Waals surface area (Å²) in [5.41, 5.74) is 3.10. The molecule has 0 saturated heterocycles. The number of ether oxygens (including phenoxy) is 1. The summed E-state index contributed by atoms with van der Waals surface area (Å²) in [4.78, 5) is 37.3. The molecule has 4 rings (SSSR count). The first-order chi connectivity index (χ1) is 16.8. The van der Waals surface area contributed by atoms with Crippen molar-refractivity contribution in [1.29, 1.82) is 0 Å². The summed E-state index contributed by atoms with van der Waals surface area (Å²) in [7, 11) is 0. The topological polar surface area (TPSA) is 105 Å². The van der Waals surface area contributed by atoms with E-state index >= 15 is 0 Å². The minimum absolute atomic E-state index is 0.0342. The molecule has 3 N–H and O–H groups in total. The van der Waals surface area contributed by atoms with Gasteiger partial charge >= 0.3 is 12.1 Å². The zero-order valence-electron chi connectivity index (χ0n) is 20.4. The largest absolute Gasteiger partial charge is 0.481 e. The molecule has 0 atom stereocenters. The number of aliphatic carboxylic acids is 1. The molecule has 0 bridgehead atoms. The molecule has 7 nitrogen and oxygen atoms in total. The van der Waals surface area contributed by atoms with Crippen molar-refractivity contribution in [2.45, 2.75) is 63.8 Å². The van der Waals surface area contributed by atoms with Gasteiger partial charge in [0.05, 0.1) is 17.4 Å². The third-order valence-corrected chi connectivity index (χ3v) is 7.93. The molecule has 0 radical (unpaired) electrons. The van der Waals surface area contributed by atoms with E-state index < -0.39 is 23.0 Å². The highest BCUT2D eigenvalue weighted by Crippen LogP contribution is 2.44. The van der Waals surface area contributed by atoms with Gasteiger partial charge in [0.25, 0.3) is 0 Å². The lowest BCUT2D eigenvalue weighted by atomic mass is 9.72. The first-order valence-electron chi connectivity index (χ1n) is 12.5. The van der Waals surface area contributed by atoms with Gasteiger partial charge in [-0.15, -0.1) is 0 Å². The smallest absolute Gasteiger partial charge is 0.407 e. The number of amides is 2. The van der Waals surface area contributed by atoms with Gasteiger partial charge in [-0.2, -0.15) is 0 Å². The van der Waals surface area contributed by atoms with Gasteiger partial charge in [0.15, 0.2) is 0 Å². The van der Waals surface area contributed by atoms with Crippen molar-refractivity contribution in [3.05, 3.63) is 59.7 Å². The van der Waals surface area contributed by atoms with Crippen molar-refractivity contribution in [3.63, 3.8) is 0 Å². The highest BCUT2D eigenvalue weighted by atomic mass is 16.5. The number of fused-ring (bicyclic) bond motifs is 3. The van der Waals surface area contributed by atoms with Gasteiger partial charge in [0.1, 0.15) is 6.61 Å². The van der Waals surface area contributed by atoms with E-state index in [0.29, 0.717) is 25.7 Å². The number of alkyl carbamates (subject to hydrolysis) is 1. The fraction of sp³-hybridized carbons (Fsp3) is 0.464. The predicted octanol–water partition coefficient (Wildman–Crippen LogP) is 4.85. The monoisotopic (exact) mass is 478 g/mol. The number of benzene rings is 2. The first-order valence-corrected chi connectivity index (χ1v) is 12.5. The number of rotatable bonds is 10. The van der Waals surface area contributed by atoms with Gasteiger partial charge in [-0.25, -0.2) is 4.79 Å². The fourth-order valence-electron chi connectivity index (χ4n) is 5.40. The standard InChI is InChI=1S/C28H34N2O5/c1-3-27(4-2,25(33)30-28(14-9-15-28)16-24(31)32)18-29-26(34)35-17-23-21-12-7-5-10-19(21)20-11-6-8-13-22(20)23/h5-8,10-13,23H,3-4,9,14-18H2,1-2H3,(H,29,34)(H,30,33)(H,31,32). The van der Waals surface area contributed by atoms with E-state index in [4.69, 9.17) is 4.74 Å². The second kappa shape index (κ2) is 10.1. The Morgan fingerprint density at radius 2 is 1.57 bits per heavy atom. The van der Waals surface area contributed by atoms with Gasteiger partial charge in [-0.05, 0) is 54.4 Å². The Labute approximate surface area is 206 Å². The van der Waals surface area contributed by atoms with Gasteiger partial charge in [0, 0.05) is 12.5 Å². The van der Waals surface area contributed by atoms with E-state index in [1.54, 1.807) is 0 Å². The summed E-state index contributed by atoms with van der Waals surface area (Å²) >= 11 is 0. The lowest BCUT2D eigenvalue weighted by Gasteiger charge is -2.44. The summed E-state index contributed by atoms with van der Waals surface area (Å²) in [6.07, 6.45) is 2.61. The van der Waals surface area contributed by atoms with Gasteiger partial charge < -0.3 is 20.5 Å². The Morgan fingerprint density at radius 1 is 1.00 bits per heavy atom. The summed E-state index contributed by atoms with van der Waals surface area (Å²) < 4.78 is 5.63. The van der Waals surface area contributed by atoms with Crippen LogP contribution in [0.4, 0.5) is 4.79 Å². The molecule has 2 aromatic carbocycles. The van der Waals surface area contributed by atoms with Crippen LogP contribution in [0.5, 0.6) is 0 Å². The molecule has 0 heterocycles. The van der Waals surface area contributed by atoms with Crippen molar-refractivity contribution in [2.75, 3.05) is 13.2 Å². The Kier molecular flexibility index (Phi) is 7.15. The molecule has 0 aliphatic heterocycles. The van der Waals surface area contributed by atoms with Crippen molar-refractivity contribution >= 4 is 18.0 Å². The van der Waals surface area contributed by atoms with Crippen LogP contribution in [0.15, 0.2) is 48.5 Å². The van der Waals surface area contributed by atoms with Crippen LogP contribution in [0.2, 0.25) is 0 Å². The molecule has 2 aromatic rings. The van der Waals surface area contributed by atoms with E-state index in [1.165, 1.54) is 0 Å². The predicted molar refractivity (Wildman–Crippen MR) is 133 cm³/mol. The van der Waals surface area contributed by atoms with E-state index in [0.717, 1.165) is 28.7 Å². The van der Waals surface area contributed by atoms with Gasteiger partial charge in [0.2, 0.25) is 5.91 Å². The lowest BCUT2D eigenvalue weighted by Crippen LogP contribution is -2.59. The Bertz CT molecular complexity index is 1060. The summed E-state index contributed by atoms with van der Waals surface area (Å²) in [6, 6.07) is 16.3. The molecule has 2 aliphatic rings. The van der Waals surface area contributed by atoms with Crippen molar-refractivity contribution in [2.24, 2.45) is 5.41 Å². The number of nitrogens with one attached hydrogen (secondary N) is 2. The number of hydrogen-bond acceptors (Lipinski definition) is 4. The quantitative estimate of drug-likeness (QED) is 0.453. The maximum atomic E-state index is 13.3. The molecular weight excluding hydrogens is 444 g/mol. The lowest BCUT2D eigenvalue weighted by molar-refractivity contribution is -0.142. The average molecular weight is 479 g/mol. The third kappa shape index (κ3) is 4.90. The zero-order chi connectivity index (χ0) is 25.1. The minimum Gasteiger partial charge on any atom is -0.481 e. The molecule has 2 aliphatic carbocycles. The normalized spacial score (nSPS) is 15.9. The van der Waals surface area contributed by atoms with Crippen molar-refractivity contribution in [3.8, 4) is 11.1 Å². The number of hydrogen-bond donors (Lipinski definition) is 3. The number of carboxylic acids is 1. The molecular formula is C28H34N2O5. The Hall–Kier alpha value is -3.35. The Balaban J connectivity index is 1.38. The number of carbonyl (C=O) groups excluding carboxylic acids is 2. The molecule has 2 amide bonds. The maximum absolute atomic E-state index is 13.3. The van der Waals surface area contributed by atoms with Crippen LogP contribution in [0, 0.1) is 5.41 Å². The molecule has 0 unspecified atom stereocenters. The maximum Gasteiger partial charge on any atom is 0.407 e. The minimum atomic E-state index is -0.916. The van der Waals surface area contributed by atoms with E-state index in [9.17, 15) is 19.5 Å². The van der Waals surface area contributed by atoms with Crippen molar-refractivity contribution < 1.29 is 24.2 Å². The van der Waals surface area contributed by atoms with Crippen LogP contribution in [0.25, 0.3) is 11.1 Å². The highest BCUT2D eigenvalue weighted by molar-refractivity contribution is 5.85. The first kappa shape index (κ1) is 24.8. The Morgan fingerprint density at radius 3 is 2.06 bits per heavy atom. The van der Waals surface area contributed by atoms with Crippen LogP contribution < -0.4 is 10.6 Å². The summed E-state index contributed by atoms with van der Waals surface area (Å²) in [5.74, 6) is -1.16. The average Bonchev–Trinajstić information content (AvgIpc) is 3.15. The fourth-order valence-corrected chi connectivity index (χ4v) is 5.40. The van der Waals surface area contributed by atoms with E-state index in [1.807, 2.05) is 38.1 Å². The SMILES string of the molecule is CCC(CC)(CNC(=O)OCC1c2ccccc2-c2ccccc21)C(=O)NC1(CC(=O)O)CCC1. The number of carbonyl (C=O) groups is 3. The van der Waals surface area contributed by atoms with Crippen LogP contribution in [0.1, 0.15) is 69.4 Å².